The average molecular weight is 565 g/mol. The van der Waals surface area contributed by atoms with Crippen molar-refractivity contribution in [3.8, 4) is 33.9 Å². The first-order chi connectivity index (χ1) is 20.4. The summed E-state index contributed by atoms with van der Waals surface area (Å²) in [5.41, 5.74) is 7.14. The minimum Gasteiger partial charge on any atom is -0.384 e. The zero-order chi connectivity index (χ0) is 29.2. The quantitative estimate of drug-likeness (QED) is 0.190. The molecule has 1 amide bonds. The van der Waals surface area contributed by atoms with Crippen LogP contribution in [0.3, 0.4) is 0 Å². The van der Waals surface area contributed by atoms with Gasteiger partial charge in [0.15, 0.2) is 17.2 Å². The van der Waals surface area contributed by atoms with Gasteiger partial charge in [-0.15, -0.1) is 0 Å². The second kappa shape index (κ2) is 11.3. The van der Waals surface area contributed by atoms with E-state index in [1.54, 1.807) is 25.5 Å². The zero-order valence-corrected chi connectivity index (χ0v) is 23.4. The summed E-state index contributed by atoms with van der Waals surface area (Å²) in [6, 6.07) is 12.3. The number of hydrogen-bond acceptors (Lipinski definition) is 8. The molecule has 0 aliphatic carbocycles. The number of likely N-dealkylation sites (N-methyl/N-ethyl adjacent to an activating group) is 1. The maximum Gasteiger partial charge on any atom is 0.224 e. The van der Waals surface area contributed by atoms with Crippen molar-refractivity contribution in [3.63, 3.8) is 0 Å². The van der Waals surface area contributed by atoms with Crippen LogP contribution < -0.4 is 10.6 Å². The number of nitrogens with zero attached hydrogens (tertiary/aromatic N) is 6. The van der Waals surface area contributed by atoms with Crippen molar-refractivity contribution in [2.75, 3.05) is 37.8 Å². The average Bonchev–Trinajstić information content (AvgIpc) is 3.60. The smallest absolute Gasteiger partial charge is 0.224 e. The van der Waals surface area contributed by atoms with Gasteiger partial charge in [0.1, 0.15) is 11.3 Å². The summed E-state index contributed by atoms with van der Waals surface area (Å²) in [7, 11) is 3.98. The highest BCUT2D eigenvalue weighted by molar-refractivity contribution is 5.95. The summed E-state index contributed by atoms with van der Waals surface area (Å²) in [5, 5.41) is 13.6. The lowest BCUT2D eigenvalue weighted by atomic mass is 10.0. The van der Waals surface area contributed by atoms with Crippen LogP contribution in [0.5, 0.6) is 0 Å². The first-order valence-electron chi connectivity index (χ1n) is 13.5. The molecule has 0 radical (unpaired) electrons. The van der Waals surface area contributed by atoms with Gasteiger partial charge in [0.05, 0.1) is 28.6 Å². The number of benzene rings is 1. The van der Waals surface area contributed by atoms with Gasteiger partial charge in [-0.25, -0.2) is 19.3 Å². The molecule has 212 valence electrons. The molecule has 6 rings (SSSR count). The Morgan fingerprint density at radius 3 is 2.71 bits per heavy atom. The highest BCUT2D eigenvalue weighted by Gasteiger charge is 2.18. The number of halogens is 1. The third-order valence-corrected chi connectivity index (χ3v) is 6.76. The van der Waals surface area contributed by atoms with Crippen molar-refractivity contribution in [2.24, 2.45) is 0 Å². The number of carbonyl (C=O) groups excluding carboxylic acids is 1. The van der Waals surface area contributed by atoms with Crippen LogP contribution >= 0.6 is 0 Å². The number of imidazole rings is 1. The van der Waals surface area contributed by atoms with Crippen molar-refractivity contribution >= 4 is 39.5 Å². The van der Waals surface area contributed by atoms with Crippen LogP contribution in [-0.2, 0) is 4.79 Å². The van der Waals surface area contributed by atoms with Gasteiger partial charge in [-0.3, -0.25) is 14.9 Å². The minimum absolute atomic E-state index is 0.0950. The summed E-state index contributed by atoms with van der Waals surface area (Å²) in [6.07, 6.45) is 5.31. The number of pyridine rings is 3. The van der Waals surface area contributed by atoms with Gasteiger partial charge >= 0.3 is 0 Å². The molecule has 5 aromatic heterocycles. The molecule has 0 spiro atoms. The Hall–Kier alpha value is -5.23. The first-order valence-corrected chi connectivity index (χ1v) is 13.5. The van der Waals surface area contributed by atoms with E-state index in [0.29, 0.717) is 63.8 Å². The number of H-pyrrole nitrogens is 2. The summed E-state index contributed by atoms with van der Waals surface area (Å²) in [5.74, 6) is 0.0402. The van der Waals surface area contributed by atoms with E-state index >= 15 is 0 Å². The van der Waals surface area contributed by atoms with Crippen molar-refractivity contribution in [3.05, 3.63) is 66.9 Å². The monoisotopic (exact) mass is 564 g/mol. The molecule has 0 aliphatic rings. The number of hydrogen-bond donors (Lipinski definition) is 4. The molecule has 4 N–H and O–H groups in total. The number of rotatable bonds is 9. The Morgan fingerprint density at radius 2 is 1.88 bits per heavy atom. The van der Waals surface area contributed by atoms with E-state index in [0.717, 1.165) is 23.2 Å². The van der Waals surface area contributed by atoms with Gasteiger partial charge in [-0.05, 0) is 62.1 Å². The molecule has 0 saturated heterocycles. The Balaban J connectivity index is 1.36. The van der Waals surface area contributed by atoms with Crippen LogP contribution in [0.4, 0.5) is 15.8 Å². The van der Waals surface area contributed by atoms with Gasteiger partial charge in [0, 0.05) is 48.7 Å². The van der Waals surface area contributed by atoms with E-state index in [9.17, 15) is 9.18 Å². The van der Waals surface area contributed by atoms with Gasteiger partial charge in [0.2, 0.25) is 5.91 Å². The van der Waals surface area contributed by atoms with Gasteiger partial charge in [-0.1, -0.05) is 6.92 Å². The number of nitrogens with one attached hydrogen (secondary N) is 4. The van der Waals surface area contributed by atoms with Crippen LogP contribution in [0.25, 0.3) is 56.1 Å². The Morgan fingerprint density at radius 1 is 1.02 bits per heavy atom. The molecule has 1 aromatic carbocycles. The number of anilines is 2. The molecular weight excluding hydrogens is 535 g/mol. The molecular formula is C30H29FN10O. The Bertz CT molecular complexity index is 1910. The van der Waals surface area contributed by atoms with Crippen molar-refractivity contribution in [1.82, 2.24) is 40.0 Å². The molecule has 0 unspecified atom stereocenters. The van der Waals surface area contributed by atoms with Crippen molar-refractivity contribution in [2.45, 2.75) is 13.3 Å². The molecule has 5 heterocycles. The fourth-order valence-corrected chi connectivity index (χ4v) is 4.66. The van der Waals surface area contributed by atoms with E-state index < -0.39 is 0 Å². The molecule has 6 aromatic rings. The number of fused-ring (bicyclic) bond motifs is 2. The second-order valence-corrected chi connectivity index (χ2v) is 10.1. The number of amides is 1. The molecule has 0 aliphatic heterocycles. The number of aromatic nitrogens is 7. The maximum absolute atomic E-state index is 14.6. The van der Waals surface area contributed by atoms with E-state index in [-0.39, 0.29) is 11.7 Å². The zero-order valence-electron chi connectivity index (χ0n) is 23.4. The van der Waals surface area contributed by atoms with Gasteiger partial charge in [-0.2, -0.15) is 5.10 Å². The van der Waals surface area contributed by atoms with E-state index in [1.165, 1.54) is 12.1 Å². The van der Waals surface area contributed by atoms with Crippen LogP contribution in [0.2, 0.25) is 0 Å². The molecule has 0 saturated carbocycles. The van der Waals surface area contributed by atoms with E-state index in [4.69, 9.17) is 9.97 Å². The predicted molar refractivity (Wildman–Crippen MR) is 161 cm³/mol. The summed E-state index contributed by atoms with van der Waals surface area (Å²) < 4.78 is 14.6. The second-order valence-electron chi connectivity index (χ2n) is 10.1. The highest BCUT2D eigenvalue weighted by atomic mass is 19.1. The molecule has 12 heteroatoms. The van der Waals surface area contributed by atoms with Gasteiger partial charge < -0.3 is 20.5 Å². The third kappa shape index (κ3) is 5.52. The summed E-state index contributed by atoms with van der Waals surface area (Å²) in [6.45, 7) is 3.30. The largest absolute Gasteiger partial charge is 0.384 e. The number of aromatic amines is 2. The standard InChI is InChI=1S/C30H29FN10O/c1-4-25(42)35-21-13-18(15-32-16-21)23-5-6-24-27(36-23)28(40-39-24)30-37-26-22(7-8-34-29(26)38-30)17-11-19(31)14-20(12-17)33-9-10-41(2)3/h5-8,11-16,33H,4,9-10H2,1-3H3,(H,35,42)(H,39,40)(H,34,37,38). The lowest BCUT2D eigenvalue weighted by Crippen LogP contribution is -2.20. The third-order valence-electron chi connectivity index (χ3n) is 6.76. The van der Waals surface area contributed by atoms with E-state index in [2.05, 4.69) is 40.7 Å². The molecule has 0 fully saturated rings. The van der Waals surface area contributed by atoms with Crippen molar-refractivity contribution < 1.29 is 9.18 Å². The molecule has 0 atom stereocenters. The van der Waals surface area contributed by atoms with Crippen LogP contribution in [0.15, 0.2) is 61.1 Å². The Kier molecular flexibility index (Phi) is 7.28. The first kappa shape index (κ1) is 27.0. The Labute approximate surface area is 240 Å². The fraction of sp³-hybridized carbons (Fsp3) is 0.200. The fourth-order valence-electron chi connectivity index (χ4n) is 4.66. The predicted octanol–water partition coefficient (Wildman–Crippen LogP) is 5.09. The lowest BCUT2D eigenvalue weighted by Gasteiger charge is -2.13. The molecule has 11 nitrogen and oxygen atoms in total. The normalized spacial score (nSPS) is 11.5. The van der Waals surface area contributed by atoms with Crippen LogP contribution in [0, 0.1) is 5.82 Å². The highest BCUT2D eigenvalue weighted by Crippen LogP contribution is 2.32. The van der Waals surface area contributed by atoms with Gasteiger partial charge in [0.25, 0.3) is 0 Å². The maximum atomic E-state index is 14.6. The SMILES string of the molecule is CCC(=O)Nc1cncc(-c2ccc3[nH]nc(-c4nc5nccc(-c6cc(F)cc(NCCN(C)C)c6)c5[nH]4)c3n2)c1. The molecule has 0 bridgehead atoms. The van der Waals surface area contributed by atoms with Crippen molar-refractivity contribution in [1.29, 1.82) is 0 Å². The lowest BCUT2D eigenvalue weighted by molar-refractivity contribution is -0.115. The van der Waals surface area contributed by atoms with E-state index in [1.807, 2.05) is 44.4 Å². The summed E-state index contributed by atoms with van der Waals surface area (Å²) >= 11 is 0. The summed E-state index contributed by atoms with van der Waals surface area (Å²) in [4.78, 5) is 35.5. The topological polar surface area (TPSA) is 140 Å². The molecule has 42 heavy (non-hydrogen) atoms. The van der Waals surface area contributed by atoms with Crippen LogP contribution in [0.1, 0.15) is 13.3 Å². The minimum atomic E-state index is -0.340. The number of carbonyl (C=O) groups is 1. The van der Waals surface area contributed by atoms with Crippen LogP contribution in [-0.4, -0.2) is 73.1 Å².